The Labute approximate surface area is 72.0 Å². The number of nitrogens with one attached hydrogen (secondary N) is 1. The highest BCUT2D eigenvalue weighted by atomic mass is 16.4. The van der Waals surface area contributed by atoms with Crippen molar-refractivity contribution >= 4 is 12.4 Å². The Kier molecular flexibility index (Phi) is 5.08. The van der Waals surface area contributed by atoms with Gasteiger partial charge in [0.2, 0.25) is 6.41 Å². The molecular weight excluding hydrogens is 158 g/mol. The second-order valence-electron chi connectivity index (χ2n) is 2.87. The van der Waals surface area contributed by atoms with E-state index in [0.717, 1.165) is 6.42 Å². The zero-order valence-electron chi connectivity index (χ0n) is 7.41. The van der Waals surface area contributed by atoms with Crippen molar-refractivity contribution < 1.29 is 14.7 Å². The first-order valence-electron chi connectivity index (χ1n) is 4.03. The third kappa shape index (κ3) is 3.95. The van der Waals surface area contributed by atoms with Gasteiger partial charge in [0, 0.05) is 6.04 Å². The normalized spacial score (nSPS) is 14.8. The molecule has 0 spiro atoms. The molecule has 0 rings (SSSR count). The summed E-state index contributed by atoms with van der Waals surface area (Å²) in [5.41, 5.74) is 0. The predicted octanol–water partition coefficient (Wildman–Crippen LogP) is 0.622. The Morgan fingerprint density at radius 1 is 1.67 bits per heavy atom. The van der Waals surface area contributed by atoms with Crippen LogP contribution in [0.2, 0.25) is 0 Å². The molecule has 1 amide bonds. The number of rotatable bonds is 6. The first kappa shape index (κ1) is 10.9. The highest BCUT2D eigenvalue weighted by Gasteiger charge is 2.17. The highest BCUT2D eigenvalue weighted by molar-refractivity contribution is 5.68. The Bertz CT molecular complexity index is 158. The molecule has 0 bridgehead atoms. The molecule has 0 aromatic carbocycles. The van der Waals surface area contributed by atoms with Crippen molar-refractivity contribution in [3.05, 3.63) is 0 Å². The van der Waals surface area contributed by atoms with Gasteiger partial charge in [-0.3, -0.25) is 9.59 Å². The van der Waals surface area contributed by atoms with Crippen molar-refractivity contribution in [1.82, 2.24) is 5.32 Å². The summed E-state index contributed by atoms with van der Waals surface area (Å²) < 4.78 is 0. The maximum absolute atomic E-state index is 10.3. The molecule has 0 aliphatic rings. The maximum atomic E-state index is 10.3. The van der Waals surface area contributed by atoms with Crippen molar-refractivity contribution in [3.8, 4) is 0 Å². The van der Waals surface area contributed by atoms with E-state index < -0.39 is 5.97 Å². The third-order valence-electron chi connectivity index (χ3n) is 2.01. The molecule has 0 aliphatic heterocycles. The first-order chi connectivity index (χ1) is 5.61. The van der Waals surface area contributed by atoms with Gasteiger partial charge in [-0.05, 0) is 5.92 Å². The number of carboxylic acids is 1. The lowest BCUT2D eigenvalue weighted by Gasteiger charge is -2.19. The van der Waals surface area contributed by atoms with E-state index in [1.807, 2.05) is 13.8 Å². The van der Waals surface area contributed by atoms with Gasteiger partial charge in [0.05, 0.1) is 6.42 Å². The van der Waals surface area contributed by atoms with E-state index >= 15 is 0 Å². The molecule has 0 fully saturated rings. The number of amides is 1. The smallest absolute Gasteiger partial charge is 0.305 e. The summed E-state index contributed by atoms with van der Waals surface area (Å²) in [6, 6.07) is -0.245. The molecule has 0 radical (unpaired) electrons. The monoisotopic (exact) mass is 173 g/mol. The van der Waals surface area contributed by atoms with Crippen LogP contribution < -0.4 is 5.32 Å². The minimum Gasteiger partial charge on any atom is -0.481 e. The van der Waals surface area contributed by atoms with Gasteiger partial charge in [0.25, 0.3) is 0 Å². The average molecular weight is 173 g/mol. The van der Waals surface area contributed by atoms with Crippen molar-refractivity contribution in [1.29, 1.82) is 0 Å². The number of carboxylic acid groups (broad SMARTS) is 1. The van der Waals surface area contributed by atoms with Gasteiger partial charge in [-0.1, -0.05) is 20.3 Å². The van der Waals surface area contributed by atoms with Crippen LogP contribution >= 0.6 is 0 Å². The van der Waals surface area contributed by atoms with Crippen LogP contribution in [0.3, 0.4) is 0 Å². The molecule has 12 heavy (non-hydrogen) atoms. The Balaban J connectivity index is 4.01. The second kappa shape index (κ2) is 5.57. The summed E-state index contributed by atoms with van der Waals surface area (Å²) in [7, 11) is 0. The fourth-order valence-electron chi connectivity index (χ4n) is 0.984. The van der Waals surface area contributed by atoms with Crippen molar-refractivity contribution in [2.45, 2.75) is 32.7 Å². The van der Waals surface area contributed by atoms with Gasteiger partial charge in [-0.15, -0.1) is 0 Å². The molecular formula is C8H15NO3. The van der Waals surface area contributed by atoms with Crippen LogP contribution in [0.1, 0.15) is 26.7 Å². The molecule has 0 heterocycles. The fourth-order valence-corrected chi connectivity index (χ4v) is 0.984. The molecule has 0 saturated heterocycles. The summed E-state index contributed by atoms with van der Waals surface area (Å²) in [4.78, 5) is 20.5. The molecule has 0 saturated carbocycles. The van der Waals surface area contributed by atoms with E-state index in [0.29, 0.717) is 6.41 Å². The van der Waals surface area contributed by atoms with Crippen molar-refractivity contribution in [3.63, 3.8) is 0 Å². The Morgan fingerprint density at radius 3 is 2.58 bits per heavy atom. The SMILES string of the molecule is CCC(C)C(CC(=O)O)NC=O. The summed E-state index contributed by atoms with van der Waals surface area (Å²) in [6.45, 7) is 3.89. The van der Waals surface area contributed by atoms with Gasteiger partial charge in [-0.2, -0.15) is 0 Å². The summed E-state index contributed by atoms with van der Waals surface area (Å²) in [5, 5.41) is 11.0. The molecule has 0 aromatic heterocycles. The highest BCUT2D eigenvalue weighted by Crippen LogP contribution is 2.10. The predicted molar refractivity (Wildman–Crippen MR) is 44.7 cm³/mol. The topological polar surface area (TPSA) is 66.4 Å². The van der Waals surface area contributed by atoms with E-state index in [4.69, 9.17) is 5.11 Å². The van der Waals surface area contributed by atoms with Gasteiger partial charge in [-0.25, -0.2) is 0 Å². The van der Waals surface area contributed by atoms with Crippen LogP contribution in [0.5, 0.6) is 0 Å². The molecule has 4 heteroatoms. The number of carbonyl (C=O) groups is 2. The van der Waals surface area contributed by atoms with Crippen LogP contribution in [-0.4, -0.2) is 23.5 Å². The summed E-state index contributed by atoms with van der Waals surface area (Å²) in [5.74, 6) is -0.680. The van der Waals surface area contributed by atoms with Crippen LogP contribution in [0.25, 0.3) is 0 Å². The van der Waals surface area contributed by atoms with Crippen LogP contribution in [-0.2, 0) is 9.59 Å². The minimum atomic E-state index is -0.880. The summed E-state index contributed by atoms with van der Waals surface area (Å²) >= 11 is 0. The largest absolute Gasteiger partial charge is 0.481 e. The van der Waals surface area contributed by atoms with E-state index in [9.17, 15) is 9.59 Å². The molecule has 0 aliphatic carbocycles. The molecule has 2 unspecified atom stereocenters. The second-order valence-corrected chi connectivity index (χ2v) is 2.87. The zero-order valence-corrected chi connectivity index (χ0v) is 7.41. The lowest BCUT2D eigenvalue weighted by Crippen LogP contribution is -2.35. The molecule has 70 valence electrons. The molecule has 2 atom stereocenters. The van der Waals surface area contributed by atoms with Crippen molar-refractivity contribution in [2.24, 2.45) is 5.92 Å². The lowest BCUT2D eigenvalue weighted by molar-refractivity contribution is -0.137. The van der Waals surface area contributed by atoms with E-state index in [1.54, 1.807) is 0 Å². The number of hydrogen-bond acceptors (Lipinski definition) is 2. The standard InChI is InChI=1S/C8H15NO3/c1-3-6(2)7(9-5-10)4-8(11)12/h5-7H,3-4H2,1-2H3,(H,9,10)(H,11,12). The maximum Gasteiger partial charge on any atom is 0.305 e. The minimum absolute atomic E-state index is 0.00620. The van der Waals surface area contributed by atoms with Gasteiger partial charge >= 0.3 is 5.97 Å². The average Bonchev–Trinajstić information content (AvgIpc) is 2.01. The Hall–Kier alpha value is -1.06. The fraction of sp³-hybridized carbons (Fsp3) is 0.750. The quantitative estimate of drug-likeness (QED) is 0.579. The van der Waals surface area contributed by atoms with Crippen LogP contribution in [0.15, 0.2) is 0 Å². The van der Waals surface area contributed by atoms with E-state index in [2.05, 4.69) is 5.32 Å². The molecule has 2 N–H and O–H groups in total. The summed E-state index contributed by atoms with van der Waals surface area (Å²) in [6.07, 6.45) is 1.41. The van der Waals surface area contributed by atoms with Gasteiger partial charge in [0.1, 0.15) is 0 Å². The number of hydrogen-bond donors (Lipinski definition) is 2. The number of aliphatic carboxylic acids is 1. The molecule has 4 nitrogen and oxygen atoms in total. The van der Waals surface area contributed by atoms with Crippen molar-refractivity contribution in [2.75, 3.05) is 0 Å². The first-order valence-corrected chi connectivity index (χ1v) is 4.03. The lowest BCUT2D eigenvalue weighted by atomic mass is 9.97. The zero-order chi connectivity index (χ0) is 9.56. The molecule has 0 aromatic rings. The van der Waals surface area contributed by atoms with Crippen LogP contribution in [0, 0.1) is 5.92 Å². The van der Waals surface area contributed by atoms with E-state index in [1.165, 1.54) is 0 Å². The Morgan fingerprint density at radius 2 is 2.25 bits per heavy atom. The van der Waals surface area contributed by atoms with Gasteiger partial charge < -0.3 is 10.4 Å². The van der Waals surface area contributed by atoms with Gasteiger partial charge in [0.15, 0.2) is 0 Å². The number of carbonyl (C=O) groups excluding carboxylic acids is 1. The van der Waals surface area contributed by atoms with E-state index in [-0.39, 0.29) is 18.4 Å². The third-order valence-corrected chi connectivity index (χ3v) is 2.01. The van der Waals surface area contributed by atoms with Crippen LogP contribution in [0.4, 0.5) is 0 Å².